The largest absolute Gasteiger partial charge is 0.477 e. The van der Waals surface area contributed by atoms with Gasteiger partial charge < -0.3 is 15.0 Å². The minimum absolute atomic E-state index is 0.0994. The highest BCUT2D eigenvalue weighted by Gasteiger charge is 2.43. The van der Waals surface area contributed by atoms with Gasteiger partial charge in [-0.2, -0.15) is 8.42 Å². The van der Waals surface area contributed by atoms with Crippen molar-refractivity contribution < 1.29 is 17.9 Å². The summed E-state index contributed by atoms with van der Waals surface area (Å²) in [5.74, 6) is 3.63. The molecule has 1 unspecified atom stereocenters. The molecule has 3 N–H and O–H groups in total. The van der Waals surface area contributed by atoms with Crippen LogP contribution in [0.15, 0.2) is 47.6 Å². The van der Waals surface area contributed by atoms with Crippen LogP contribution in [0.2, 0.25) is 0 Å². The number of nitrogens with one attached hydrogen (secondary N) is 3. The summed E-state index contributed by atoms with van der Waals surface area (Å²) < 4.78 is 36.5. The lowest BCUT2D eigenvalue weighted by Gasteiger charge is -2.38. The zero-order chi connectivity index (χ0) is 31.2. The normalized spacial score (nSPS) is 22.9. The second kappa shape index (κ2) is 11.9. The van der Waals surface area contributed by atoms with E-state index >= 15 is 0 Å². The molecule has 1 saturated heterocycles. The summed E-state index contributed by atoms with van der Waals surface area (Å²) in [4.78, 5) is 25.0. The van der Waals surface area contributed by atoms with E-state index in [2.05, 4.69) is 44.2 Å². The fourth-order valence-electron chi connectivity index (χ4n) is 6.90. The highest BCUT2D eigenvalue weighted by atomic mass is 32.2. The van der Waals surface area contributed by atoms with Crippen LogP contribution in [0.4, 0.5) is 11.6 Å². The first-order chi connectivity index (χ1) is 21.7. The molecule has 7 rings (SSSR count). The van der Waals surface area contributed by atoms with Crippen LogP contribution in [0.3, 0.4) is 0 Å². The number of sulfonamides is 1. The van der Waals surface area contributed by atoms with E-state index in [0.29, 0.717) is 43.0 Å². The first-order valence-corrected chi connectivity index (χ1v) is 17.7. The van der Waals surface area contributed by atoms with E-state index in [4.69, 9.17) is 9.72 Å². The van der Waals surface area contributed by atoms with Gasteiger partial charge in [0.25, 0.3) is 15.9 Å². The Labute approximate surface area is 264 Å². The van der Waals surface area contributed by atoms with Crippen molar-refractivity contribution in [2.24, 2.45) is 17.8 Å². The lowest BCUT2D eigenvalue weighted by molar-refractivity contribution is 0.0981. The molecule has 5 heterocycles. The molecule has 2 aliphatic carbocycles. The van der Waals surface area contributed by atoms with Gasteiger partial charge in [-0.1, -0.05) is 6.07 Å². The monoisotopic (exact) mass is 634 g/mol. The van der Waals surface area contributed by atoms with Gasteiger partial charge in [0.05, 0.1) is 18.3 Å². The summed E-state index contributed by atoms with van der Waals surface area (Å²) in [5.41, 5.74) is -0.196. The van der Waals surface area contributed by atoms with E-state index in [1.54, 1.807) is 35.1 Å². The number of fused-ring (bicyclic) bond motifs is 5. The standard InChI is InChI=1S/C32H42N8O4S/c1-32(2)16-13-26-34-18-4-17-33-25-5-3-6-29(35-25)45(42,43)38-31(41)24-11-12-27(36-30(24)40(26)32)39-19-14-28(37-39)44-20-15-23(21-7-8-21)22-9-10-22/h3,5-6,11-12,14,19,21-23,26,34H,4,7-10,13,15-18,20H2,1-2H3,(H,33,35)(H,38,41). The van der Waals surface area contributed by atoms with Gasteiger partial charge in [0, 0.05) is 24.3 Å². The molecule has 0 spiro atoms. The van der Waals surface area contributed by atoms with Crippen LogP contribution in [-0.4, -0.2) is 65.5 Å². The van der Waals surface area contributed by atoms with Gasteiger partial charge in [-0.15, -0.1) is 5.10 Å². The van der Waals surface area contributed by atoms with Crippen molar-refractivity contribution >= 4 is 27.6 Å². The van der Waals surface area contributed by atoms with Crippen molar-refractivity contribution in [1.82, 2.24) is 29.8 Å². The summed E-state index contributed by atoms with van der Waals surface area (Å²) in [6, 6.07) is 9.82. The molecule has 12 nitrogen and oxygen atoms in total. The molecule has 3 aromatic rings. The molecule has 45 heavy (non-hydrogen) atoms. The predicted molar refractivity (Wildman–Crippen MR) is 170 cm³/mol. The third-order valence-electron chi connectivity index (χ3n) is 9.55. The fourth-order valence-corrected chi connectivity index (χ4v) is 7.83. The zero-order valence-corrected chi connectivity index (χ0v) is 26.7. The van der Waals surface area contributed by atoms with Crippen molar-refractivity contribution in [3.05, 3.63) is 48.2 Å². The first-order valence-electron chi connectivity index (χ1n) is 16.2. The summed E-state index contributed by atoms with van der Waals surface area (Å²) in [5, 5.41) is 11.2. The Morgan fingerprint density at radius 2 is 1.82 bits per heavy atom. The highest BCUT2D eigenvalue weighted by molar-refractivity contribution is 7.90. The van der Waals surface area contributed by atoms with Crippen LogP contribution in [0, 0.1) is 17.8 Å². The third kappa shape index (κ3) is 6.51. The van der Waals surface area contributed by atoms with Crippen LogP contribution < -0.4 is 25.0 Å². The number of carbonyl (C=O) groups is 1. The van der Waals surface area contributed by atoms with Crippen LogP contribution >= 0.6 is 0 Å². The number of aromatic nitrogens is 4. The Balaban J connectivity index is 1.19. The van der Waals surface area contributed by atoms with Crippen molar-refractivity contribution in [3.63, 3.8) is 0 Å². The molecule has 2 saturated carbocycles. The van der Waals surface area contributed by atoms with Crippen LogP contribution in [0.1, 0.15) is 75.6 Å². The van der Waals surface area contributed by atoms with Gasteiger partial charge in [0.15, 0.2) is 10.8 Å². The zero-order valence-electron chi connectivity index (χ0n) is 25.9. The third-order valence-corrected chi connectivity index (χ3v) is 10.8. The molecule has 4 aliphatic rings. The summed E-state index contributed by atoms with van der Waals surface area (Å²) >= 11 is 0. The van der Waals surface area contributed by atoms with Crippen LogP contribution in [-0.2, 0) is 10.0 Å². The van der Waals surface area contributed by atoms with Gasteiger partial charge in [0.2, 0.25) is 5.88 Å². The number of amides is 1. The average molecular weight is 635 g/mol. The Bertz CT molecular complexity index is 1650. The molecule has 240 valence electrons. The molecule has 3 fully saturated rings. The predicted octanol–water partition coefficient (Wildman–Crippen LogP) is 4.10. The number of hydrogen-bond donors (Lipinski definition) is 3. The molecule has 3 aromatic heterocycles. The van der Waals surface area contributed by atoms with E-state index in [0.717, 1.165) is 43.4 Å². The average Bonchev–Trinajstić information content (AvgIpc) is 3.95. The lowest BCUT2D eigenvalue weighted by Crippen LogP contribution is -2.51. The Morgan fingerprint density at radius 3 is 2.60 bits per heavy atom. The maximum atomic E-state index is 13.7. The number of anilines is 2. The maximum Gasteiger partial charge on any atom is 0.281 e. The number of rotatable bonds is 7. The van der Waals surface area contributed by atoms with E-state index in [1.807, 2.05) is 6.07 Å². The molecule has 1 atom stereocenters. The fraction of sp³-hybridized carbons (Fsp3) is 0.562. The van der Waals surface area contributed by atoms with E-state index in [1.165, 1.54) is 31.7 Å². The molecule has 0 aromatic carbocycles. The second-order valence-electron chi connectivity index (χ2n) is 13.4. The van der Waals surface area contributed by atoms with Crippen molar-refractivity contribution in [2.75, 3.05) is 29.9 Å². The molecular formula is C32H42N8O4S. The molecule has 2 aliphatic heterocycles. The topological polar surface area (TPSA) is 143 Å². The summed E-state index contributed by atoms with van der Waals surface area (Å²) in [6.07, 6.45) is 10.7. The van der Waals surface area contributed by atoms with Crippen molar-refractivity contribution in [3.8, 4) is 11.7 Å². The summed E-state index contributed by atoms with van der Waals surface area (Å²) in [7, 11) is -4.25. The Hall–Kier alpha value is -3.71. The Kier molecular flexibility index (Phi) is 7.93. The molecule has 0 radical (unpaired) electrons. The van der Waals surface area contributed by atoms with E-state index in [9.17, 15) is 13.2 Å². The minimum atomic E-state index is -4.25. The van der Waals surface area contributed by atoms with Gasteiger partial charge in [-0.05, 0) is 114 Å². The van der Waals surface area contributed by atoms with Gasteiger partial charge >= 0.3 is 0 Å². The number of ether oxygens (including phenoxy) is 1. The second-order valence-corrected chi connectivity index (χ2v) is 15.0. The highest BCUT2D eigenvalue weighted by Crippen LogP contribution is 2.50. The first kappa shape index (κ1) is 30.0. The van der Waals surface area contributed by atoms with Crippen LogP contribution in [0.5, 0.6) is 5.88 Å². The SMILES string of the molecule is CC1(C)CCC2NCCCNc3cccc(n3)S(=O)(=O)NC(=O)c3ccc(-n4ccc(OCCC(C5CC5)C5CC5)n4)nc3N21. The van der Waals surface area contributed by atoms with E-state index in [-0.39, 0.29) is 22.3 Å². The van der Waals surface area contributed by atoms with Crippen LogP contribution in [0.25, 0.3) is 5.82 Å². The van der Waals surface area contributed by atoms with Crippen molar-refractivity contribution in [1.29, 1.82) is 0 Å². The molecule has 13 heteroatoms. The Morgan fingerprint density at radius 1 is 1.02 bits per heavy atom. The smallest absolute Gasteiger partial charge is 0.281 e. The summed E-state index contributed by atoms with van der Waals surface area (Å²) in [6.45, 7) is 6.19. The molecular weight excluding hydrogens is 592 g/mol. The quantitative estimate of drug-likeness (QED) is 0.348. The number of pyridine rings is 2. The van der Waals surface area contributed by atoms with Gasteiger partial charge in [-0.25, -0.2) is 19.4 Å². The lowest BCUT2D eigenvalue weighted by atomic mass is 9.95. The maximum absolute atomic E-state index is 13.7. The number of hydrogen-bond acceptors (Lipinski definition) is 10. The number of carbonyl (C=O) groups excluding carboxylic acids is 1. The number of nitrogens with zero attached hydrogens (tertiary/aromatic N) is 5. The van der Waals surface area contributed by atoms with Gasteiger partial charge in [-0.3, -0.25) is 10.1 Å². The minimum Gasteiger partial charge on any atom is -0.477 e. The van der Waals surface area contributed by atoms with Crippen molar-refractivity contribution in [2.45, 2.75) is 81.9 Å². The molecule has 1 amide bonds. The van der Waals surface area contributed by atoms with Gasteiger partial charge in [0.1, 0.15) is 11.6 Å². The molecule has 2 bridgehead atoms. The van der Waals surface area contributed by atoms with E-state index < -0.39 is 15.9 Å².